The zero-order chi connectivity index (χ0) is 12.1. The van der Waals surface area contributed by atoms with E-state index in [0.717, 1.165) is 27.5 Å². The largest absolute Gasteiger partial charge is 0.371 e. The lowest BCUT2D eigenvalue weighted by Crippen LogP contribution is -2.11. The first-order valence-electron chi connectivity index (χ1n) is 5.49. The van der Waals surface area contributed by atoms with Gasteiger partial charge in [0, 0.05) is 13.2 Å². The van der Waals surface area contributed by atoms with Crippen molar-refractivity contribution in [2.75, 3.05) is 18.5 Å². The van der Waals surface area contributed by atoms with E-state index < -0.39 is 0 Å². The van der Waals surface area contributed by atoms with Crippen molar-refractivity contribution < 1.29 is 4.74 Å². The van der Waals surface area contributed by atoms with E-state index in [4.69, 9.17) is 4.74 Å². The van der Waals surface area contributed by atoms with E-state index in [-0.39, 0.29) is 6.10 Å². The molecule has 0 amide bonds. The van der Waals surface area contributed by atoms with Crippen LogP contribution < -0.4 is 5.32 Å². The molecule has 1 rings (SSSR count). The molecule has 16 heavy (non-hydrogen) atoms. The van der Waals surface area contributed by atoms with Gasteiger partial charge in [0.15, 0.2) is 5.82 Å². The fourth-order valence-electron chi connectivity index (χ4n) is 1.37. The topological polar surface area (TPSA) is 47.0 Å². The van der Waals surface area contributed by atoms with Crippen LogP contribution >= 0.6 is 22.6 Å². The molecular weight excluding hydrogens is 317 g/mol. The predicted octanol–water partition coefficient (Wildman–Crippen LogP) is 2.92. The Bertz CT molecular complexity index is 357. The first-order valence-corrected chi connectivity index (χ1v) is 6.57. The molecule has 0 saturated carbocycles. The second kappa shape index (κ2) is 6.34. The first kappa shape index (κ1) is 13.6. The van der Waals surface area contributed by atoms with Crippen molar-refractivity contribution in [1.29, 1.82) is 0 Å². The highest BCUT2D eigenvalue weighted by atomic mass is 127. The zero-order valence-electron chi connectivity index (χ0n) is 10.2. The van der Waals surface area contributed by atoms with Gasteiger partial charge in [0.25, 0.3) is 0 Å². The van der Waals surface area contributed by atoms with Gasteiger partial charge in [0.1, 0.15) is 11.9 Å². The van der Waals surface area contributed by atoms with Gasteiger partial charge in [-0.05, 0) is 50.3 Å². The summed E-state index contributed by atoms with van der Waals surface area (Å²) < 4.78 is 6.58. The van der Waals surface area contributed by atoms with E-state index in [9.17, 15) is 0 Å². The van der Waals surface area contributed by atoms with E-state index in [1.165, 1.54) is 0 Å². The summed E-state index contributed by atoms with van der Waals surface area (Å²) in [6, 6.07) is 0. The van der Waals surface area contributed by atoms with Crippen molar-refractivity contribution >= 4 is 28.4 Å². The zero-order valence-corrected chi connectivity index (χ0v) is 12.3. The SMILES string of the molecule is CCNc1nc(C(C)OCC)nc(C)c1I. The summed E-state index contributed by atoms with van der Waals surface area (Å²) in [6.45, 7) is 9.52. The minimum absolute atomic E-state index is 0.0573. The molecule has 0 aliphatic rings. The highest BCUT2D eigenvalue weighted by molar-refractivity contribution is 14.1. The number of nitrogens with one attached hydrogen (secondary N) is 1. The monoisotopic (exact) mass is 335 g/mol. The van der Waals surface area contributed by atoms with E-state index in [1.54, 1.807) is 0 Å². The van der Waals surface area contributed by atoms with Gasteiger partial charge < -0.3 is 10.1 Å². The summed E-state index contributed by atoms with van der Waals surface area (Å²) in [5, 5.41) is 3.24. The number of hydrogen-bond donors (Lipinski definition) is 1. The highest BCUT2D eigenvalue weighted by Gasteiger charge is 2.13. The summed E-state index contributed by atoms with van der Waals surface area (Å²) >= 11 is 2.26. The van der Waals surface area contributed by atoms with Crippen molar-refractivity contribution in [1.82, 2.24) is 9.97 Å². The molecule has 0 aliphatic heterocycles. The lowest BCUT2D eigenvalue weighted by atomic mass is 10.3. The summed E-state index contributed by atoms with van der Waals surface area (Å²) in [5.41, 5.74) is 0.994. The third-order valence-electron chi connectivity index (χ3n) is 2.16. The number of hydrogen-bond acceptors (Lipinski definition) is 4. The van der Waals surface area contributed by atoms with Crippen molar-refractivity contribution in [3.05, 3.63) is 15.1 Å². The molecule has 0 aliphatic carbocycles. The minimum atomic E-state index is -0.0573. The van der Waals surface area contributed by atoms with Crippen LogP contribution in [0.4, 0.5) is 5.82 Å². The molecule has 0 radical (unpaired) electrons. The van der Waals surface area contributed by atoms with Crippen LogP contribution in [0.5, 0.6) is 0 Å². The number of rotatable bonds is 5. The Morgan fingerprint density at radius 3 is 2.62 bits per heavy atom. The average Bonchev–Trinajstić information content (AvgIpc) is 2.25. The first-order chi connectivity index (χ1) is 7.60. The van der Waals surface area contributed by atoms with Gasteiger partial charge in [0.05, 0.1) is 9.26 Å². The summed E-state index contributed by atoms with van der Waals surface area (Å²) in [6.07, 6.45) is -0.0573. The molecule has 1 atom stereocenters. The minimum Gasteiger partial charge on any atom is -0.371 e. The van der Waals surface area contributed by atoms with Crippen LogP contribution in [0.25, 0.3) is 0 Å². The van der Waals surface area contributed by atoms with Crippen LogP contribution in [0.15, 0.2) is 0 Å². The van der Waals surface area contributed by atoms with E-state index in [1.807, 2.05) is 20.8 Å². The molecule has 1 aromatic heterocycles. The fraction of sp³-hybridized carbons (Fsp3) is 0.636. The van der Waals surface area contributed by atoms with Crippen LogP contribution in [0, 0.1) is 10.5 Å². The van der Waals surface area contributed by atoms with Crippen molar-refractivity contribution in [3.63, 3.8) is 0 Å². The third kappa shape index (κ3) is 3.28. The molecule has 1 unspecified atom stereocenters. The predicted molar refractivity (Wildman–Crippen MR) is 73.7 cm³/mol. The molecule has 4 nitrogen and oxygen atoms in total. The van der Waals surface area contributed by atoms with Gasteiger partial charge in [-0.15, -0.1) is 0 Å². The van der Waals surface area contributed by atoms with Gasteiger partial charge in [-0.25, -0.2) is 9.97 Å². The molecule has 5 heteroatoms. The molecule has 0 bridgehead atoms. The van der Waals surface area contributed by atoms with Crippen LogP contribution in [0.2, 0.25) is 0 Å². The van der Waals surface area contributed by atoms with Gasteiger partial charge in [-0.3, -0.25) is 0 Å². The number of nitrogens with zero attached hydrogens (tertiary/aromatic N) is 2. The number of halogens is 1. The van der Waals surface area contributed by atoms with E-state index in [2.05, 4.69) is 44.8 Å². The van der Waals surface area contributed by atoms with Gasteiger partial charge in [-0.1, -0.05) is 0 Å². The van der Waals surface area contributed by atoms with Crippen LogP contribution in [0.1, 0.15) is 38.4 Å². The Morgan fingerprint density at radius 2 is 2.06 bits per heavy atom. The second-order valence-corrected chi connectivity index (χ2v) is 4.54. The van der Waals surface area contributed by atoms with Gasteiger partial charge in [-0.2, -0.15) is 0 Å². The quantitative estimate of drug-likeness (QED) is 0.841. The highest BCUT2D eigenvalue weighted by Crippen LogP contribution is 2.22. The molecule has 1 heterocycles. The van der Waals surface area contributed by atoms with Crippen LogP contribution in [0.3, 0.4) is 0 Å². The summed E-state index contributed by atoms with van der Waals surface area (Å²) in [4.78, 5) is 8.94. The molecule has 90 valence electrons. The number of ether oxygens (including phenoxy) is 1. The molecule has 0 spiro atoms. The molecule has 1 N–H and O–H groups in total. The molecule has 0 fully saturated rings. The van der Waals surface area contributed by atoms with Gasteiger partial charge >= 0.3 is 0 Å². The molecule has 0 aromatic carbocycles. The lowest BCUT2D eigenvalue weighted by Gasteiger charge is -2.14. The number of anilines is 1. The maximum atomic E-state index is 5.50. The number of aromatic nitrogens is 2. The Balaban J connectivity index is 3.03. The Hall–Kier alpha value is -0.430. The molecular formula is C11H18IN3O. The van der Waals surface area contributed by atoms with Crippen LogP contribution in [-0.2, 0) is 4.74 Å². The smallest absolute Gasteiger partial charge is 0.159 e. The maximum Gasteiger partial charge on any atom is 0.159 e. The normalized spacial score (nSPS) is 12.6. The summed E-state index contributed by atoms with van der Waals surface area (Å²) in [5.74, 6) is 1.65. The van der Waals surface area contributed by atoms with E-state index >= 15 is 0 Å². The van der Waals surface area contributed by atoms with E-state index in [0.29, 0.717) is 6.61 Å². The Morgan fingerprint density at radius 1 is 1.38 bits per heavy atom. The Labute approximate surface area is 110 Å². The molecule has 1 aromatic rings. The standard InChI is InChI=1S/C11H18IN3O/c1-5-13-11-9(12)7(3)14-10(15-11)8(4)16-6-2/h8H,5-6H2,1-4H3,(H,13,14,15). The lowest BCUT2D eigenvalue weighted by molar-refractivity contribution is 0.0700. The average molecular weight is 335 g/mol. The molecule has 0 saturated heterocycles. The fourth-order valence-corrected chi connectivity index (χ4v) is 1.80. The maximum absolute atomic E-state index is 5.50. The number of aryl methyl sites for hydroxylation is 1. The van der Waals surface area contributed by atoms with Gasteiger partial charge in [0.2, 0.25) is 0 Å². The summed E-state index contributed by atoms with van der Waals surface area (Å²) in [7, 11) is 0. The van der Waals surface area contributed by atoms with Crippen molar-refractivity contribution in [2.45, 2.75) is 33.8 Å². The van der Waals surface area contributed by atoms with Crippen molar-refractivity contribution in [3.8, 4) is 0 Å². The second-order valence-electron chi connectivity index (χ2n) is 3.46. The van der Waals surface area contributed by atoms with Crippen LogP contribution in [-0.4, -0.2) is 23.1 Å². The third-order valence-corrected chi connectivity index (χ3v) is 3.45. The van der Waals surface area contributed by atoms with Crippen molar-refractivity contribution in [2.24, 2.45) is 0 Å². The Kier molecular flexibility index (Phi) is 5.40.